The zero-order chi connectivity index (χ0) is 24.7. The van der Waals surface area contributed by atoms with Crippen molar-refractivity contribution in [2.24, 2.45) is 0 Å². The maximum Gasteiger partial charge on any atom is 0.262 e. The van der Waals surface area contributed by atoms with Crippen molar-refractivity contribution < 1.29 is 14.3 Å². The molecule has 0 atom stereocenters. The normalized spacial score (nSPS) is 11.0. The first kappa shape index (κ1) is 25.9. The average molecular weight is 607 g/mol. The van der Waals surface area contributed by atoms with Crippen molar-refractivity contribution in [2.75, 3.05) is 18.5 Å². The Morgan fingerprint density at radius 1 is 1.15 bits per heavy atom. The number of aryl methyl sites for hydroxylation is 1. The highest BCUT2D eigenvalue weighted by Gasteiger charge is 2.15. The summed E-state index contributed by atoms with van der Waals surface area (Å²) in [6.45, 7) is 4.04. The molecule has 5 nitrogen and oxygen atoms in total. The van der Waals surface area contributed by atoms with Gasteiger partial charge in [-0.15, -0.1) is 0 Å². The van der Waals surface area contributed by atoms with E-state index in [2.05, 4.69) is 34.0 Å². The molecule has 0 aliphatic carbocycles. The molecule has 0 saturated heterocycles. The van der Waals surface area contributed by atoms with E-state index in [1.165, 1.54) is 0 Å². The Balaban J connectivity index is 1.84. The van der Waals surface area contributed by atoms with Gasteiger partial charge in [0.25, 0.3) is 5.91 Å². The molecular formula is C26H21Cl2IN2O3. The van der Waals surface area contributed by atoms with Crippen LogP contribution in [-0.4, -0.2) is 19.1 Å². The summed E-state index contributed by atoms with van der Waals surface area (Å²) in [7, 11) is 0. The van der Waals surface area contributed by atoms with Gasteiger partial charge in [0.1, 0.15) is 0 Å². The lowest BCUT2D eigenvalue weighted by Crippen LogP contribution is -2.20. The van der Waals surface area contributed by atoms with Crippen LogP contribution in [0.25, 0.3) is 11.6 Å². The molecule has 0 saturated carbocycles. The third-order valence-corrected chi connectivity index (χ3v) is 5.98. The Bertz CT molecular complexity index is 1290. The average Bonchev–Trinajstić information content (AvgIpc) is 2.77. The number of anilines is 1. The number of carbonyl (C=O) groups is 1. The number of hydrogen-bond donors (Lipinski definition) is 1. The van der Waals surface area contributed by atoms with Crippen molar-refractivity contribution in [3.63, 3.8) is 0 Å². The molecule has 1 amide bonds. The number of carbonyl (C=O) groups excluding carboxylic acids is 1. The molecule has 0 aromatic heterocycles. The minimum Gasteiger partial charge on any atom is -0.490 e. The molecule has 0 spiro atoms. The molecule has 174 valence electrons. The highest BCUT2D eigenvalue weighted by Crippen LogP contribution is 2.36. The van der Waals surface area contributed by atoms with E-state index >= 15 is 0 Å². The third kappa shape index (κ3) is 6.89. The molecular weight excluding hydrogens is 586 g/mol. The van der Waals surface area contributed by atoms with Gasteiger partial charge < -0.3 is 14.8 Å². The standard InChI is InChI=1S/C26H21Cl2IN2O3/c1-3-33-24-12-17(10-18(14-30)21-8-7-19(27)13-22(21)28)11-23(29)26(24)34-15-25(32)31-20-6-4-5-16(2)9-20/h4-13H,3,15H2,1-2H3,(H,31,32)/b18-10+. The number of nitrogens with one attached hydrogen (secondary N) is 1. The first-order chi connectivity index (χ1) is 16.3. The van der Waals surface area contributed by atoms with Crippen LogP contribution in [0.3, 0.4) is 0 Å². The van der Waals surface area contributed by atoms with Gasteiger partial charge in [-0.2, -0.15) is 5.26 Å². The van der Waals surface area contributed by atoms with Crippen molar-refractivity contribution in [1.82, 2.24) is 0 Å². The zero-order valence-electron chi connectivity index (χ0n) is 18.5. The van der Waals surface area contributed by atoms with Crippen molar-refractivity contribution in [3.8, 4) is 17.6 Å². The molecule has 8 heteroatoms. The summed E-state index contributed by atoms with van der Waals surface area (Å²) >= 11 is 14.4. The van der Waals surface area contributed by atoms with Crippen molar-refractivity contribution in [1.29, 1.82) is 5.26 Å². The number of hydrogen-bond acceptors (Lipinski definition) is 4. The Kier molecular flexibility index (Phi) is 9.22. The second-order valence-corrected chi connectivity index (χ2v) is 9.27. The molecule has 3 aromatic carbocycles. The highest BCUT2D eigenvalue weighted by atomic mass is 127. The van der Waals surface area contributed by atoms with Crippen molar-refractivity contribution in [2.45, 2.75) is 13.8 Å². The summed E-state index contributed by atoms with van der Waals surface area (Å²) < 4.78 is 12.3. The van der Waals surface area contributed by atoms with E-state index in [1.807, 2.05) is 44.2 Å². The van der Waals surface area contributed by atoms with Crippen LogP contribution in [0.1, 0.15) is 23.6 Å². The zero-order valence-corrected chi connectivity index (χ0v) is 22.2. The molecule has 0 aliphatic heterocycles. The fourth-order valence-electron chi connectivity index (χ4n) is 3.18. The number of nitriles is 1. The second-order valence-electron chi connectivity index (χ2n) is 7.26. The minimum absolute atomic E-state index is 0.178. The van der Waals surface area contributed by atoms with Crippen LogP contribution < -0.4 is 14.8 Å². The number of rotatable bonds is 8. The largest absolute Gasteiger partial charge is 0.490 e. The van der Waals surface area contributed by atoms with Crippen molar-refractivity contribution >= 4 is 69.0 Å². The fraction of sp³-hybridized carbons (Fsp3) is 0.154. The van der Waals surface area contributed by atoms with Crippen LogP contribution in [0.5, 0.6) is 11.5 Å². The molecule has 0 aliphatic rings. The lowest BCUT2D eigenvalue weighted by Gasteiger charge is -2.15. The number of benzene rings is 3. The van der Waals surface area contributed by atoms with Gasteiger partial charge in [-0.3, -0.25) is 4.79 Å². The smallest absolute Gasteiger partial charge is 0.262 e. The molecule has 1 N–H and O–H groups in total. The van der Waals surface area contributed by atoms with E-state index in [1.54, 1.807) is 30.3 Å². The van der Waals surface area contributed by atoms with Gasteiger partial charge in [0, 0.05) is 16.3 Å². The van der Waals surface area contributed by atoms with Crippen LogP contribution in [0, 0.1) is 21.8 Å². The fourth-order valence-corrected chi connectivity index (χ4v) is 4.47. The number of nitrogens with zero attached hydrogens (tertiary/aromatic N) is 1. The number of allylic oxidation sites excluding steroid dienone is 1. The van der Waals surface area contributed by atoms with E-state index in [0.717, 1.165) is 14.7 Å². The van der Waals surface area contributed by atoms with Crippen LogP contribution in [0.2, 0.25) is 10.0 Å². The molecule has 0 fully saturated rings. The summed E-state index contributed by atoms with van der Waals surface area (Å²) in [6.07, 6.45) is 1.72. The van der Waals surface area contributed by atoms with E-state index in [9.17, 15) is 10.1 Å². The maximum absolute atomic E-state index is 12.4. The van der Waals surface area contributed by atoms with E-state index in [-0.39, 0.29) is 12.5 Å². The van der Waals surface area contributed by atoms with Gasteiger partial charge in [0.15, 0.2) is 18.1 Å². The Hall–Kier alpha value is -2.73. The van der Waals surface area contributed by atoms with Gasteiger partial charge in [-0.1, -0.05) is 41.4 Å². The lowest BCUT2D eigenvalue weighted by atomic mass is 10.0. The van der Waals surface area contributed by atoms with Crippen LogP contribution >= 0.6 is 45.8 Å². The lowest BCUT2D eigenvalue weighted by molar-refractivity contribution is -0.118. The van der Waals surface area contributed by atoms with Crippen LogP contribution in [0.15, 0.2) is 54.6 Å². The van der Waals surface area contributed by atoms with Gasteiger partial charge in [0.2, 0.25) is 0 Å². The van der Waals surface area contributed by atoms with Gasteiger partial charge >= 0.3 is 0 Å². The van der Waals surface area contributed by atoms with Crippen LogP contribution in [-0.2, 0) is 4.79 Å². The number of amides is 1. The summed E-state index contributed by atoms with van der Waals surface area (Å²) in [5, 5.41) is 13.4. The van der Waals surface area contributed by atoms with Gasteiger partial charge in [0.05, 0.1) is 26.8 Å². The molecule has 34 heavy (non-hydrogen) atoms. The Morgan fingerprint density at radius 2 is 1.94 bits per heavy atom. The number of halogens is 3. The van der Waals surface area contributed by atoms with E-state index in [4.69, 9.17) is 32.7 Å². The second kappa shape index (κ2) is 12.1. The Morgan fingerprint density at radius 3 is 2.62 bits per heavy atom. The SMILES string of the molecule is CCOc1cc(/C=C(\C#N)c2ccc(Cl)cc2Cl)cc(I)c1OCC(=O)Nc1cccc(C)c1. The van der Waals surface area contributed by atoms with Crippen molar-refractivity contribution in [3.05, 3.63) is 84.9 Å². The predicted molar refractivity (Wildman–Crippen MR) is 146 cm³/mol. The topological polar surface area (TPSA) is 71.3 Å². The van der Waals surface area contributed by atoms with Gasteiger partial charge in [-0.05, 0) is 90.0 Å². The molecule has 3 aromatic rings. The predicted octanol–water partition coefficient (Wildman–Crippen LogP) is 7.39. The first-order valence-electron chi connectivity index (χ1n) is 10.3. The third-order valence-electron chi connectivity index (χ3n) is 4.63. The molecule has 0 unspecified atom stereocenters. The number of ether oxygens (including phenoxy) is 2. The quantitative estimate of drug-likeness (QED) is 0.165. The minimum atomic E-state index is -0.281. The molecule has 3 rings (SSSR count). The molecule has 0 radical (unpaired) electrons. The summed E-state index contributed by atoms with van der Waals surface area (Å²) in [6, 6.07) is 18.3. The maximum atomic E-state index is 12.4. The monoisotopic (exact) mass is 606 g/mol. The van der Waals surface area contributed by atoms with E-state index in [0.29, 0.717) is 45.0 Å². The summed E-state index contributed by atoms with van der Waals surface area (Å²) in [4.78, 5) is 12.4. The molecule has 0 heterocycles. The van der Waals surface area contributed by atoms with Gasteiger partial charge in [-0.25, -0.2) is 0 Å². The Labute approximate surface area is 222 Å². The highest BCUT2D eigenvalue weighted by molar-refractivity contribution is 14.1. The summed E-state index contributed by atoms with van der Waals surface area (Å²) in [5.41, 5.74) is 3.44. The molecule has 0 bridgehead atoms. The first-order valence-corrected chi connectivity index (χ1v) is 12.2. The van der Waals surface area contributed by atoms with E-state index < -0.39 is 0 Å². The summed E-state index contributed by atoms with van der Waals surface area (Å²) in [5.74, 6) is 0.655. The van der Waals surface area contributed by atoms with Crippen LogP contribution in [0.4, 0.5) is 5.69 Å².